The first-order chi connectivity index (χ1) is 13.4. The molecule has 1 aromatic heterocycles. The number of carboxylic acids is 1. The van der Waals surface area contributed by atoms with Crippen LogP contribution in [-0.2, 0) is 4.79 Å². The molecule has 7 nitrogen and oxygen atoms in total. The number of benzene rings is 1. The van der Waals surface area contributed by atoms with Crippen molar-refractivity contribution in [3.8, 4) is 17.2 Å². The maximum absolute atomic E-state index is 12.7. The summed E-state index contributed by atoms with van der Waals surface area (Å²) in [5.74, 6) is 0.547. The number of nitrogens with one attached hydrogen (secondary N) is 1. The molecular weight excluding hydrogens is 360 g/mol. The van der Waals surface area contributed by atoms with Crippen LogP contribution in [0, 0.1) is 25.7 Å². The van der Waals surface area contributed by atoms with Gasteiger partial charge in [0.15, 0.2) is 11.5 Å². The fourth-order valence-corrected chi connectivity index (χ4v) is 4.00. The summed E-state index contributed by atoms with van der Waals surface area (Å²) in [5, 5.41) is 11.9. The minimum atomic E-state index is -0.745. The predicted molar refractivity (Wildman–Crippen MR) is 102 cm³/mol. The van der Waals surface area contributed by atoms with Crippen molar-refractivity contribution >= 4 is 11.9 Å². The van der Waals surface area contributed by atoms with Gasteiger partial charge in [-0.3, -0.25) is 9.59 Å². The van der Waals surface area contributed by atoms with Gasteiger partial charge < -0.3 is 24.5 Å². The van der Waals surface area contributed by atoms with Crippen LogP contribution >= 0.6 is 0 Å². The van der Waals surface area contributed by atoms with E-state index in [2.05, 4.69) is 5.32 Å². The van der Waals surface area contributed by atoms with Crippen LogP contribution in [0.1, 0.15) is 34.6 Å². The number of aliphatic carboxylic acids is 1. The number of amides is 1. The zero-order valence-corrected chi connectivity index (χ0v) is 16.0. The van der Waals surface area contributed by atoms with Crippen LogP contribution in [-0.4, -0.2) is 41.3 Å². The second-order valence-corrected chi connectivity index (χ2v) is 7.53. The normalized spacial score (nSPS) is 20.4. The molecule has 0 spiro atoms. The number of aryl methyl sites for hydroxylation is 1. The standard InChI is InChI=1S/C21H24N2O5/c1-12-7-17(20(24)22-11-14-8-15(9-14)21(25)26)13(2)23(12)16-3-4-18-19(10-16)28-6-5-27-18/h3-4,7,10,14-15H,5-6,8-9,11H2,1-2H3,(H,22,24)(H,25,26). The molecule has 1 aromatic carbocycles. The number of carboxylic acid groups (broad SMARTS) is 1. The molecule has 148 valence electrons. The topological polar surface area (TPSA) is 89.8 Å². The van der Waals surface area contributed by atoms with Gasteiger partial charge in [-0.15, -0.1) is 0 Å². The number of carbonyl (C=O) groups excluding carboxylic acids is 1. The summed E-state index contributed by atoms with van der Waals surface area (Å²) in [5.41, 5.74) is 3.35. The third kappa shape index (κ3) is 3.32. The lowest BCUT2D eigenvalue weighted by Gasteiger charge is -2.32. The Balaban J connectivity index is 1.48. The van der Waals surface area contributed by atoms with Crippen LogP contribution in [0.4, 0.5) is 0 Å². The van der Waals surface area contributed by atoms with Gasteiger partial charge in [0.2, 0.25) is 0 Å². The third-order valence-electron chi connectivity index (χ3n) is 5.60. The average molecular weight is 384 g/mol. The largest absolute Gasteiger partial charge is 0.486 e. The van der Waals surface area contributed by atoms with E-state index in [1.165, 1.54) is 0 Å². The maximum atomic E-state index is 12.7. The first kappa shape index (κ1) is 18.4. The molecule has 2 aliphatic rings. The molecule has 28 heavy (non-hydrogen) atoms. The van der Waals surface area contributed by atoms with Crippen LogP contribution in [0.15, 0.2) is 24.3 Å². The lowest BCUT2D eigenvalue weighted by Crippen LogP contribution is -2.38. The van der Waals surface area contributed by atoms with Gasteiger partial charge in [0.25, 0.3) is 5.91 Å². The van der Waals surface area contributed by atoms with E-state index in [1.54, 1.807) is 0 Å². The fraction of sp³-hybridized carbons (Fsp3) is 0.429. The summed E-state index contributed by atoms with van der Waals surface area (Å²) in [6, 6.07) is 7.65. The van der Waals surface area contributed by atoms with Gasteiger partial charge in [-0.2, -0.15) is 0 Å². The first-order valence-electron chi connectivity index (χ1n) is 9.54. The molecule has 0 saturated heterocycles. The minimum Gasteiger partial charge on any atom is -0.486 e. The number of hydrogen-bond acceptors (Lipinski definition) is 4. The fourth-order valence-electron chi connectivity index (χ4n) is 4.00. The van der Waals surface area contributed by atoms with Gasteiger partial charge in [0.05, 0.1) is 11.5 Å². The number of nitrogens with zero attached hydrogens (tertiary/aromatic N) is 1. The summed E-state index contributed by atoms with van der Waals surface area (Å²) in [4.78, 5) is 23.6. The van der Waals surface area contributed by atoms with E-state index in [4.69, 9.17) is 14.6 Å². The van der Waals surface area contributed by atoms with Crippen molar-refractivity contribution in [2.45, 2.75) is 26.7 Å². The van der Waals surface area contributed by atoms with E-state index in [0.717, 1.165) is 22.8 Å². The zero-order valence-electron chi connectivity index (χ0n) is 16.0. The van der Waals surface area contributed by atoms with Crippen LogP contribution in [0.25, 0.3) is 5.69 Å². The summed E-state index contributed by atoms with van der Waals surface area (Å²) < 4.78 is 13.3. The molecule has 2 aromatic rings. The van der Waals surface area contributed by atoms with Crippen molar-refractivity contribution in [1.29, 1.82) is 0 Å². The summed E-state index contributed by atoms with van der Waals surface area (Å²) in [6.07, 6.45) is 1.26. The maximum Gasteiger partial charge on any atom is 0.306 e. The molecule has 7 heteroatoms. The Hall–Kier alpha value is -2.96. The SMILES string of the molecule is Cc1cc(C(=O)NCC2CC(C(=O)O)C2)c(C)n1-c1ccc2c(c1)OCCO2. The molecule has 0 unspecified atom stereocenters. The van der Waals surface area contributed by atoms with Crippen molar-refractivity contribution in [3.05, 3.63) is 41.2 Å². The van der Waals surface area contributed by atoms with E-state index in [1.807, 2.05) is 42.7 Å². The second-order valence-electron chi connectivity index (χ2n) is 7.53. The highest BCUT2D eigenvalue weighted by molar-refractivity contribution is 5.96. The zero-order chi connectivity index (χ0) is 19.8. The van der Waals surface area contributed by atoms with Crippen LogP contribution in [0.5, 0.6) is 11.5 Å². The molecule has 0 bridgehead atoms. The summed E-state index contributed by atoms with van der Waals surface area (Å²) in [6.45, 7) is 5.47. The minimum absolute atomic E-state index is 0.129. The Morgan fingerprint density at radius 2 is 1.86 bits per heavy atom. The highest BCUT2D eigenvalue weighted by atomic mass is 16.6. The number of aromatic nitrogens is 1. The molecule has 1 amide bonds. The molecule has 0 atom stereocenters. The van der Waals surface area contributed by atoms with E-state index in [0.29, 0.717) is 43.9 Å². The smallest absolute Gasteiger partial charge is 0.306 e. The molecule has 4 rings (SSSR count). The Morgan fingerprint density at radius 3 is 2.57 bits per heavy atom. The van der Waals surface area contributed by atoms with Crippen LogP contribution in [0.2, 0.25) is 0 Å². The Morgan fingerprint density at radius 1 is 1.14 bits per heavy atom. The van der Waals surface area contributed by atoms with Crippen molar-refractivity contribution < 1.29 is 24.2 Å². The Labute approximate surface area is 163 Å². The van der Waals surface area contributed by atoms with Gasteiger partial charge in [-0.1, -0.05) is 0 Å². The monoisotopic (exact) mass is 384 g/mol. The van der Waals surface area contributed by atoms with Gasteiger partial charge in [-0.25, -0.2) is 0 Å². The number of rotatable bonds is 5. The molecule has 2 heterocycles. The predicted octanol–water partition coefficient (Wildman–Crippen LogP) is 2.71. The Kier molecular flexibility index (Phi) is 4.75. The molecule has 1 aliphatic carbocycles. The lowest BCUT2D eigenvalue weighted by molar-refractivity contribution is -0.146. The molecule has 2 N–H and O–H groups in total. The molecular formula is C21H24N2O5. The highest BCUT2D eigenvalue weighted by Crippen LogP contribution is 2.34. The van der Waals surface area contributed by atoms with E-state index < -0.39 is 5.97 Å². The Bertz CT molecular complexity index is 927. The third-order valence-corrected chi connectivity index (χ3v) is 5.60. The summed E-state index contributed by atoms with van der Waals surface area (Å²) in [7, 11) is 0. The van der Waals surface area contributed by atoms with Crippen LogP contribution in [0.3, 0.4) is 0 Å². The lowest BCUT2D eigenvalue weighted by atomic mass is 9.75. The van der Waals surface area contributed by atoms with Crippen molar-refractivity contribution in [2.24, 2.45) is 11.8 Å². The van der Waals surface area contributed by atoms with Gasteiger partial charge in [0, 0.05) is 29.7 Å². The van der Waals surface area contributed by atoms with E-state index in [-0.39, 0.29) is 17.7 Å². The molecule has 1 aliphatic heterocycles. The van der Waals surface area contributed by atoms with Gasteiger partial charge >= 0.3 is 5.97 Å². The van der Waals surface area contributed by atoms with Crippen molar-refractivity contribution in [1.82, 2.24) is 9.88 Å². The quantitative estimate of drug-likeness (QED) is 0.827. The molecule has 0 radical (unpaired) electrons. The van der Waals surface area contributed by atoms with E-state index >= 15 is 0 Å². The second kappa shape index (κ2) is 7.22. The number of ether oxygens (including phenoxy) is 2. The molecule has 1 fully saturated rings. The first-order valence-corrected chi connectivity index (χ1v) is 9.54. The number of fused-ring (bicyclic) bond motifs is 1. The van der Waals surface area contributed by atoms with Gasteiger partial charge in [-0.05, 0) is 50.8 Å². The molecule has 1 saturated carbocycles. The number of hydrogen-bond donors (Lipinski definition) is 2. The van der Waals surface area contributed by atoms with E-state index in [9.17, 15) is 9.59 Å². The van der Waals surface area contributed by atoms with Crippen molar-refractivity contribution in [3.63, 3.8) is 0 Å². The summed E-state index contributed by atoms with van der Waals surface area (Å²) >= 11 is 0. The average Bonchev–Trinajstić information content (AvgIpc) is 2.94. The van der Waals surface area contributed by atoms with Gasteiger partial charge in [0.1, 0.15) is 13.2 Å². The highest BCUT2D eigenvalue weighted by Gasteiger charge is 2.34. The number of carbonyl (C=O) groups is 2. The van der Waals surface area contributed by atoms with Crippen LogP contribution < -0.4 is 14.8 Å². The van der Waals surface area contributed by atoms with Crippen molar-refractivity contribution in [2.75, 3.05) is 19.8 Å².